The topological polar surface area (TPSA) is 12.5 Å². The molecule has 0 radical (unpaired) electrons. The molecule has 100 valence electrons. The zero-order valence-electron chi connectivity index (χ0n) is 11.5. The molecule has 0 saturated carbocycles. The van der Waals surface area contributed by atoms with Gasteiger partial charge in [0.2, 0.25) is 0 Å². The van der Waals surface area contributed by atoms with Crippen LogP contribution in [-0.4, -0.2) is 24.6 Å². The van der Waals surface area contributed by atoms with Crippen molar-refractivity contribution in [3.63, 3.8) is 0 Å². The summed E-state index contributed by atoms with van der Waals surface area (Å²) in [4.78, 5) is 2.47. The highest BCUT2D eigenvalue weighted by molar-refractivity contribution is 5.27. The second kappa shape index (κ2) is 7.42. The van der Waals surface area contributed by atoms with Gasteiger partial charge in [-0.25, -0.2) is 0 Å². The summed E-state index contributed by atoms with van der Waals surface area (Å²) in [6, 6.07) is 8.60. The number of benzene rings is 1. The number of unbranched alkanes of at least 4 members (excludes halogenated alkanes) is 3. The second-order valence-electron chi connectivity index (χ2n) is 5.18. The zero-order chi connectivity index (χ0) is 12.6. The Hall–Kier alpha value is -1.02. The van der Waals surface area contributed by atoms with Gasteiger partial charge in [0.05, 0.1) is 6.61 Å². The monoisotopic (exact) mass is 247 g/mol. The Bertz CT molecular complexity index is 329. The third-order valence-electron chi connectivity index (χ3n) is 3.54. The first-order valence-corrected chi connectivity index (χ1v) is 7.32. The summed E-state index contributed by atoms with van der Waals surface area (Å²) >= 11 is 0. The summed E-state index contributed by atoms with van der Waals surface area (Å²) < 4.78 is 5.74. The van der Waals surface area contributed by atoms with Crippen molar-refractivity contribution in [3.05, 3.63) is 29.8 Å². The van der Waals surface area contributed by atoms with Crippen molar-refractivity contribution in [3.8, 4) is 5.75 Å². The lowest BCUT2D eigenvalue weighted by Crippen LogP contribution is -2.36. The van der Waals surface area contributed by atoms with Crippen LogP contribution in [0, 0.1) is 0 Å². The molecule has 0 unspecified atom stereocenters. The molecule has 0 amide bonds. The van der Waals surface area contributed by atoms with E-state index >= 15 is 0 Å². The van der Waals surface area contributed by atoms with Gasteiger partial charge in [-0.15, -0.1) is 0 Å². The van der Waals surface area contributed by atoms with E-state index in [0.717, 1.165) is 18.9 Å². The van der Waals surface area contributed by atoms with Gasteiger partial charge in [0, 0.05) is 6.54 Å². The van der Waals surface area contributed by atoms with Crippen molar-refractivity contribution < 1.29 is 4.74 Å². The standard InChI is InChI=1S/C16H25NO/c1-2-3-4-5-13-18-16-9-7-15(8-10-16)14-17-11-6-12-17/h7-10H,2-6,11-14H2,1H3. The van der Waals surface area contributed by atoms with E-state index < -0.39 is 0 Å². The molecule has 2 nitrogen and oxygen atoms in total. The number of hydrogen-bond donors (Lipinski definition) is 0. The highest BCUT2D eigenvalue weighted by atomic mass is 16.5. The summed E-state index contributed by atoms with van der Waals surface area (Å²) in [6.07, 6.45) is 6.41. The average Bonchev–Trinajstić information content (AvgIpc) is 2.35. The lowest BCUT2D eigenvalue weighted by atomic mass is 10.1. The maximum absolute atomic E-state index is 5.74. The molecule has 1 fully saturated rings. The molecule has 0 aromatic heterocycles. The lowest BCUT2D eigenvalue weighted by Gasteiger charge is -2.30. The Balaban J connectivity index is 1.66. The van der Waals surface area contributed by atoms with Crippen LogP contribution in [0.1, 0.15) is 44.6 Å². The fourth-order valence-electron chi connectivity index (χ4n) is 2.21. The van der Waals surface area contributed by atoms with Gasteiger partial charge in [0.25, 0.3) is 0 Å². The van der Waals surface area contributed by atoms with E-state index in [1.54, 1.807) is 0 Å². The van der Waals surface area contributed by atoms with Crippen molar-refractivity contribution in [1.29, 1.82) is 0 Å². The smallest absolute Gasteiger partial charge is 0.119 e. The predicted octanol–water partition coefficient (Wildman–Crippen LogP) is 3.85. The van der Waals surface area contributed by atoms with Gasteiger partial charge in [0.1, 0.15) is 5.75 Å². The first-order valence-electron chi connectivity index (χ1n) is 7.32. The van der Waals surface area contributed by atoms with Crippen LogP contribution < -0.4 is 4.74 Å². The molecule has 1 aromatic rings. The van der Waals surface area contributed by atoms with E-state index in [0.29, 0.717) is 0 Å². The molecule has 0 aliphatic carbocycles. The third kappa shape index (κ3) is 4.34. The van der Waals surface area contributed by atoms with E-state index in [1.807, 2.05) is 0 Å². The Kier molecular flexibility index (Phi) is 5.53. The number of rotatable bonds is 8. The van der Waals surface area contributed by atoms with Crippen molar-refractivity contribution >= 4 is 0 Å². The molecule has 0 atom stereocenters. The van der Waals surface area contributed by atoms with Gasteiger partial charge in [-0.2, -0.15) is 0 Å². The van der Waals surface area contributed by atoms with E-state index in [1.165, 1.54) is 50.8 Å². The fraction of sp³-hybridized carbons (Fsp3) is 0.625. The number of ether oxygens (including phenoxy) is 1. The summed E-state index contributed by atoms with van der Waals surface area (Å²) in [7, 11) is 0. The number of likely N-dealkylation sites (tertiary alicyclic amines) is 1. The minimum absolute atomic E-state index is 0.853. The van der Waals surface area contributed by atoms with Crippen LogP contribution in [0.15, 0.2) is 24.3 Å². The van der Waals surface area contributed by atoms with Gasteiger partial charge in [-0.3, -0.25) is 4.90 Å². The molecule has 1 heterocycles. The van der Waals surface area contributed by atoms with Crippen LogP contribution in [0.25, 0.3) is 0 Å². The van der Waals surface area contributed by atoms with Gasteiger partial charge >= 0.3 is 0 Å². The average molecular weight is 247 g/mol. The molecule has 1 aliphatic heterocycles. The molecule has 0 N–H and O–H groups in total. The lowest BCUT2D eigenvalue weighted by molar-refractivity contribution is 0.172. The first-order chi connectivity index (χ1) is 8.88. The Morgan fingerprint density at radius 3 is 2.44 bits per heavy atom. The first kappa shape index (κ1) is 13.4. The van der Waals surface area contributed by atoms with Crippen molar-refractivity contribution in [2.75, 3.05) is 19.7 Å². The largest absolute Gasteiger partial charge is 0.494 e. The molecule has 0 spiro atoms. The van der Waals surface area contributed by atoms with Crippen LogP contribution >= 0.6 is 0 Å². The minimum atomic E-state index is 0.853. The van der Waals surface area contributed by atoms with Crippen LogP contribution in [0.2, 0.25) is 0 Å². The molecule has 1 aromatic carbocycles. The molecule has 2 heteroatoms. The Labute approximate surface area is 111 Å². The van der Waals surface area contributed by atoms with E-state index in [-0.39, 0.29) is 0 Å². The van der Waals surface area contributed by atoms with Crippen LogP contribution in [-0.2, 0) is 6.54 Å². The molecular weight excluding hydrogens is 222 g/mol. The summed E-state index contributed by atoms with van der Waals surface area (Å²) in [5, 5.41) is 0. The summed E-state index contributed by atoms with van der Waals surface area (Å²) in [5.74, 6) is 1.01. The summed E-state index contributed by atoms with van der Waals surface area (Å²) in [5.41, 5.74) is 1.40. The van der Waals surface area contributed by atoms with E-state index in [2.05, 4.69) is 36.1 Å². The molecule has 1 saturated heterocycles. The Morgan fingerprint density at radius 2 is 1.83 bits per heavy atom. The molecule has 18 heavy (non-hydrogen) atoms. The molecule has 0 bridgehead atoms. The summed E-state index contributed by atoms with van der Waals surface area (Å²) in [6.45, 7) is 6.70. The van der Waals surface area contributed by atoms with Gasteiger partial charge < -0.3 is 4.74 Å². The SMILES string of the molecule is CCCCCCOc1ccc(CN2CCC2)cc1. The molecule has 1 aliphatic rings. The maximum Gasteiger partial charge on any atom is 0.119 e. The van der Waals surface area contributed by atoms with Crippen molar-refractivity contribution in [1.82, 2.24) is 4.90 Å². The molecule has 2 rings (SSSR count). The van der Waals surface area contributed by atoms with Crippen molar-refractivity contribution in [2.45, 2.75) is 45.6 Å². The van der Waals surface area contributed by atoms with Crippen molar-refractivity contribution in [2.24, 2.45) is 0 Å². The predicted molar refractivity (Wildman–Crippen MR) is 76.0 cm³/mol. The van der Waals surface area contributed by atoms with Gasteiger partial charge in [-0.05, 0) is 43.6 Å². The third-order valence-corrected chi connectivity index (χ3v) is 3.54. The number of nitrogens with zero attached hydrogens (tertiary/aromatic N) is 1. The Morgan fingerprint density at radius 1 is 1.06 bits per heavy atom. The highest BCUT2D eigenvalue weighted by Gasteiger charge is 2.13. The zero-order valence-corrected chi connectivity index (χ0v) is 11.5. The van der Waals surface area contributed by atoms with Gasteiger partial charge in [0.15, 0.2) is 0 Å². The maximum atomic E-state index is 5.74. The highest BCUT2D eigenvalue weighted by Crippen LogP contribution is 2.16. The number of hydrogen-bond acceptors (Lipinski definition) is 2. The second-order valence-corrected chi connectivity index (χ2v) is 5.18. The van der Waals surface area contributed by atoms with E-state index in [9.17, 15) is 0 Å². The van der Waals surface area contributed by atoms with Crippen LogP contribution in [0.4, 0.5) is 0 Å². The quantitative estimate of drug-likeness (QED) is 0.647. The van der Waals surface area contributed by atoms with Gasteiger partial charge in [-0.1, -0.05) is 38.3 Å². The molecular formula is C16H25NO. The minimum Gasteiger partial charge on any atom is -0.494 e. The van der Waals surface area contributed by atoms with E-state index in [4.69, 9.17) is 4.74 Å². The fourth-order valence-corrected chi connectivity index (χ4v) is 2.21. The van der Waals surface area contributed by atoms with Crippen LogP contribution in [0.3, 0.4) is 0 Å². The normalized spacial score (nSPS) is 15.4. The van der Waals surface area contributed by atoms with Crippen LogP contribution in [0.5, 0.6) is 5.75 Å².